The Labute approximate surface area is 168 Å². The van der Waals surface area contributed by atoms with Crippen LogP contribution in [0.2, 0.25) is 4.34 Å². The molecule has 0 bridgehead atoms. The lowest BCUT2D eigenvalue weighted by Crippen LogP contribution is -2.05. The highest BCUT2D eigenvalue weighted by atomic mass is 35.5. The molecule has 0 amide bonds. The smallest absolute Gasteiger partial charge is 0.192 e. The summed E-state index contributed by atoms with van der Waals surface area (Å²) in [5.41, 5.74) is 2.19. The average Bonchev–Trinajstić information content (AvgIpc) is 3.27. The number of thioether (sulfide) groups is 1. The van der Waals surface area contributed by atoms with Gasteiger partial charge in [0.1, 0.15) is 15.8 Å². The van der Waals surface area contributed by atoms with E-state index in [2.05, 4.69) is 19.8 Å². The van der Waals surface area contributed by atoms with E-state index in [-0.39, 0.29) is 5.82 Å². The van der Waals surface area contributed by atoms with Crippen LogP contribution in [0.15, 0.2) is 59.8 Å². The van der Waals surface area contributed by atoms with Gasteiger partial charge in [0, 0.05) is 17.3 Å². The minimum atomic E-state index is -0.331. The third-order valence-electron chi connectivity index (χ3n) is 3.86. The Bertz CT molecular complexity index is 1050. The fourth-order valence-corrected chi connectivity index (χ4v) is 4.23. The summed E-state index contributed by atoms with van der Waals surface area (Å²) in [4.78, 5) is 0. The van der Waals surface area contributed by atoms with Gasteiger partial charge >= 0.3 is 0 Å². The Balaban J connectivity index is 1.70. The van der Waals surface area contributed by atoms with Gasteiger partial charge in [-0.3, -0.25) is 4.57 Å². The van der Waals surface area contributed by atoms with Crippen molar-refractivity contribution in [3.63, 3.8) is 0 Å². The van der Waals surface area contributed by atoms with Gasteiger partial charge in [-0.1, -0.05) is 70.3 Å². The summed E-state index contributed by atoms with van der Waals surface area (Å²) in [6.45, 7) is 0.531. The highest BCUT2D eigenvalue weighted by Crippen LogP contribution is 2.30. The molecule has 0 N–H and O–H groups in total. The molecule has 5 nitrogen and oxygen atoms in total. The van der Waals surface area contributed by atoms with Crippen molar-refractivity contribution in [2.75, 3.05) is 0 Å². The first-order chi connectivity index (χ1) is 13.2. The Morgan fingerprint density at radius 3 is 2.52 bits per heavy atom. The van der Waals surface area contributed by atoms with Crippen molar-refractivity contribution in [3.8, 4) is 11.4 Å². The highest BCUT2D eigenvalue weighted by molar-refractivity contribution is 7.98. The summed E-state index contributed by atoms with van der Waals surface area (Å²) >= 11 is 8.68. The van der Waals surface area contributed by atoms with E-state index in [1.54, 1.807) is 18.2 Å². The van der Waals surface area contributed by atoms with Gasteiger partial charge in [-0.05, 0) is 17.7 Å². The van der Waals surface area contributed by atoms with E-state index < -0.39 is 0 Å². The zero-order chi connectivity index (χ0) is 18.6. The van der Waals surface area contributed by atoms with Crippen molar-refractivity contribution in [2.45, 2.75) is 17.5 Å². The number of aromatic nitrogens is 5. The van der Waals surface area contributed by atoms with Crippen LogP contribution in [0.25, 0.3) is 11.4 Å². The van der Waals surface area contributed by atoms with Crippen LogP contribution in [0, 0.1) is 5.82 Å². The number of hydrogen-bond acceptors (Lipinski definition) is 6. The van der Waals surface area contributed by atoms with Crippen LogP contribution in [-0.2, 0) is 12.3 Å². The van der Waals surface area contributed by atoms with Crippen molar-refractivity contribution >= 4 is 34.9 Å². The van der Waals surface area contributed by atoms with Gasteiger partial charge in [-0.2, -0.15) is 0 Å². The second-order valence-electron chi connectivity index (χ2n) is 5.64. The molecule has 2 heterocycles. The predicted octanol–water partition coefficient (Wildman–Crippen LogP) is 4.93. The number of nitrogens with zero attached hydrogens (tertiary/aromatic N) is 5. The van der Waals surface area contributed by atoms with Crippen LogP contribution < -0.4 is 0 Å². The SMILES string of the molecule is Fc1ccccc1-c1nnc(SCc2nnsc2Cl)n1Cc1ccccc1. The zero-order valence-electron chi connectivity index (χ0n) is 13.9. The van der Waals surface area contributed by atoms with Gasteiger partial charge in [-0.15, -0.1) is 15.3 Å². The maximum Gasteiger partial charge on any atom is 0.192 e. The van der Waals surface area contributed by atoms with E-state index in [9.17, 15) is 4.39 Å². The maximum absolute atomic E-state index is 14.3. The van der Waals surface area contributed by atoms with Gasteiger partial charge in [0.15, 0.2) is 11.0 Å². The Hall–Kier alpha value is -2.29. The maximum atomic E-state index is 14.3. The third kappa shape index (κ3) is 4.02. The Kier molecular flexibility index (Phi) is 5.47. The van der Waals surface area contributed by atoms with Crippen molar-refractivity contribution in [3.05, 3.63) is 76.0 Å². The topological polar surface area (TPSA) is 56.5 Å². The number of hydrogen-bond donors (Lipinski definition) is 0. The van der Waals surface area contributed by atoms with Crippen molar-refractivity contribution in [2.24, 2.45) is 0 Å². The number of benzene rings is 2. The van der Waals surface area contributed by atoms with Crippen LogP contribution in [0.3, 0.4) is 0 Å². The molecule has 0 saturated carbocycles. The fraction of sp³-hybridized carbons (Fsp3) is 0.111. The molecule has 0 aliphatic carbocycles. The molecule has 0 radical (unpaired) electrons. The molecule has 2 aromatic carbocycles. The summed E-state index contributed by atoms with van der Waals surface area (Å²) < 4.78 is 20.7. The molecule has 0 unspecified atom stereocenters. The number of rotatable bonds is 6. The Morgan fingerprint density at radius 1 is 1.00 bits per heavy atom. The first-order valence-electron chi connectivity index (χ1n) is 8.04. The minimum absolute atomic E-state index is 0.331. The van der Waals surface area contributed by atoms with Gasteiger partial charge < -0.3 is 0 Å². The monoisotopic (exact) mass is 417 g/mol. The molecule has 0 aliphatic rings. The van der Waals surface area contributed by atoms with E-state index in [1.807, 2.05) is 34.9 Å². The first kappa shape index (κ1) is 18.1. The largest absolute Gasteiger partial charge is 0.297 e. The molecule has 9 heteroatoms. The fourth-order valence-electron chi connectivity index (χ4n) is 2.56. The highest BCUT2D eigenvalue weighted by Gasteiger charge is 2.18. The van der Waals surface area contributed by atoms with Gasteiger partial charge in [0.25, 0.3) is 0 Å². The predicted molar refractivity (Wildman–Crippen MR) is 105 cm³/mol. The standard InChI is InChI=1S/C18H13ClFN5S2/c19-16-15(21-24-27-16)11-26-18-23-22-17(13-8-4-5-9-14(13)20)25(18)10-12-6-2-1-3-7-12/h1-9H,10-11H2. The van der Waals surface area contributed by atoms with E-state index >= 15 is 0 Å². The molecule has 0 saturated heterocycles. The summed E-state index contributed by atoms with van der Waals surface area (Å²) in [6, 6.07) is 16.5. The lowest BCUT2D eigenvalue weighted by Gasteiger charge is -2.10. The molecule has 136 valence electrons. The van der Waals surface area contributed by atoms with Crippen molar-refractivity contribution < 1.29 is 4.39 Å². The van der Waals surface area contributed by atoms with E-state index in [0.717, 1.165) is 17.1 Å². The second kappa shape index (κ2) is 8.16. The molecule has 0 spiro atoms. The third-order valence-corrected chi connectivity index (χ3v) is 5.82. The van der Waals surface area contributed by atoms with Crippen LogP contribution >= 0.6 is 34.9 Å². The lowest BCUT2D eigenvalue weighted by molar-refractivity contribution is 0.626. The zero-order valence-corrected chi connectivity index (χ0v) is 16.3. The molecule has 2 aromatic heterocycles. The molecule has 0 fully saturated rings. The van der Waals surface area contributed by atoms with Gasteiger partial charge in [0.2, 0.25) is 0 Å². The molecule has 0 aliphatic heterocycles. The first-order valence-corrected chi connectivity index (χ1v) is 10.2. The molecule has 0 atom stereocenters. The molecular weight excluding hydrogens is 405 g/mol. The van der Waals surface area contributed by atoms with Gasteiger partial charge in [-0.25, -0.2) is 4.39 Å². The lowest BCUT2D eigenvalue weighted by atomic mass is 10.2. The molecule has 27 heavy (non-hydrogen) atoms. The van der Waals surface area contributed by atoms with E-state index in [4.69, 9.17) is 11.6 Å². The molecular formula is C18H13ClFN5S2. The number of halogens is 2. The molecule has 4 rings (SSSR count). The normalized spacial score (nSPS) is 11.0. The van der Waals surface area contributed by atoms with Crippen molar-refractivity contribution in [1.29, 1.82) is 0 Å². The van der Waals surface area contributed by atoms with Gasteiger partial charge in [0.05, 0.1) is 12.1 Å². The van der Waals surface area contributed by atoms with Crippen LogP contribution in [0.4, 0.5) is 4.39 Å². The quantitative estimate of drug-likeness (QED) is 0.416. The van der Waals surface area contributed by atoms with Crippen molar-refractivity contribution in [1.82, 2.24) is 24.4 Å². The van der Waals surface area contributed by atoms with Crippen LogP contribution in [0.5, 0.6) is 0 Å². The van der Waals surface area contributed by atoms with E-state index in [0.29, 0.717) is 38.9 Å². The minimum Gasteiger partial charge on any atom is -0.297 e. The Morgan fingerprint density at radius 2 is 1.78 bits per heavy atom. The summed E-state index contributed by atoms with van der Waals surface area (Å²) in [6.07, 6.45) is 0. The van der Waals surface area contributed by atoms with E-state index in [1.165, 1.54) is 17.8 Å². The summed E-state index contributed by atoms with van der Waals surface area (Å²) in [7, 11) is 0. The summed E-state index contributed by atoms with van der Waals surface area (Å²) in [5.74, 6) is 0.670. The average molecular weight is 418 g/mol. The summed E-state index contributed by atoms with van der Waals surface area (Å²) in [5, 5.41) is 13.2. The second-order valence-corrected chi connectivity index (χ2v) is 7.94. The molecule has 4 aromatic rings. The van der Waals surface area contributed by atoms with Crippen LogP contribution in [0.1, 0.15) is 11.3 Å². The van der Waals surface area contributed by atoms with Crippen LogP contribution in [-0.4, -0.2) is 24.4 Å².